The Morgan fingerprint density at radius 3 is 2.30 bits per heavy atom. The molecule has 2 amide bonds. The van der Waals surface area contributed by atoms with Gasteiger partial charge < -0.3 is 9.80 Å². The van der Waals surface area contributed by atoms with Crippen molar-refractivity contribution in [2.24, 2.45) is 17.8 Å². The Bertz CT molecular complexity index is 658. The monoisotopic (exact) mass is 463 g/mol. The van der Waals surface area contributed by atoms with Crippen molar-refractivity contribution < 1.29 is 14.0 Å². The second-order valence-corrected chi connectivity index (χ2v) is 11.2. The minimum Gasteiger partial charge on any atom is -0.343 e. The van der Waals surface area contributed by atoms with Crippen LogP contribution in [-0.4, -0.2) is 77.5 Å². The molecule has 6 heteroatoms. The molecule has 188 valence electrons. The van der Waals surface area contributed by atoms with Crippen LogP contribution in [0, 0.1) is 17.8 Å². The standard InChI is InChI=1S/C27H46FN3O2/c1-3-15-29(4-2)26(32)21-13-16-30(17-14-21)27(33)25-18-22-7-5-6-8-24(22)31(25)19-20-9-11-23(28)12-10-20/h20-25H,3-19H2,1-2H3. The third-order valence-electron chi connectivity index (χ3n) is 9.09. The number of likely N-dealkylation sites (tertiary alicyclic amines) is 2. The maximum atomic E-state index is 13.7. The molecule has 4 fully saturated rings. The van der Waals surface area contributed by atoms with E-state index in [1.165, 1.54) is 25.7 Å². The van der Waals surface area contributed by atoms with Crippen molar-refractivity contribution in [2.75, 3.05) is 32.7 Å². The third kappa shape index (κ3) is 5.74. The first-order valence-corrected chi connectivity index (χ1v) is 14.0. The van der Waals surface area contributed by atoms with Gasteiger partial charge in [0, 0.05) is 44.7 Å². The lowest BCUT2D eigenvalue weighted by atomic mass is 9.84. The van der Waals surface area contributed by atoms with Crippen LogP contribution >= 0.6 is 0 Å². The number of fused-ring (bicyclic) bond motifs is 1. The van der Waals surface area contributed by atoms with Crippen LogP contribution in [0.4, 0.5) is 4.39 Å². The summed E-state index contributed by atoms with van der Waals surface area (Å²) >= 11 is 0. The average Bonchev–Trinajstić information content (AvgIpc) is 3.21. The molecule has 5 nitrogen and oxygen atoms in total. The molecule has 3 unspecified atom stereocenters. The van der Waals surface area contributed by atoms with E-state index >= 15 is 0 Å². The molecule has 0 aromatic carbocycles. The fraction of sp³-hybridized carbons (Fsp3) is 0.926. The Balaban J connectivity index is 1.37. The predicted octanol–water partition coefficient (Wildman–Crippen LogP) is 4.64. The molecule has 2 saturated carbocycles. The van der Waals surface area contributed by atoms with E-state index in [1.807, 2.05) is 4.90 Å². The van der Waals surface area contributed by atoms with E-state index in [2.05, 4.69) is 23.6 Å². The van der Waals surface area contributed by atoms with E-state index in [1.54, 1.807) is 0 Å². The number of piperidine rings is 1. The topological polar surface area (TPSA) is 43.9 Å². The number of carbonyl (C=O) groups is 2. The van der Waals surface area contributed by atoms with Crippen molar-refractivity contribution in [3.63, 3.8) is 0 Å². The first-order chi connectivity index (χ1) is 16.0. The first-order valence-electron chi connectivity index (χ1n) is 14.0. The highest BCUT2D eigenvalue weighted by Crippen LogP contribution is 2.42. The summed E-state index contributed by atoms with van der Waals surface area (Å²) in [6, 6.07) is 0.544. The van der Waals surface area contributed by atoms with Crippen molar-refractivity contribution in [3.8, 4) is 0 Å². The second-order valence-electron chi connectivity index (χ2n) is 11.2. The van der Waals surface area contributed by atoms with Gasteiger partial charge in [-0.2, -0.15) is 0 Å². The fourth-order valence-electron chi connectivity index (χ4n) is 7.17. The van der Waals surface area contributed by atoms with Crippen molar-refractivity contribution in [1.29, 1.82) is 0 Å². The summed E-state index contributed by atoms with van der Waals surface area (Å²) < 4.78 is 13.7. The molecule has 2 aliphatic heterocycles. The molecule has 0 aromatic rings. The molecular formula is C27H46FN3O2. The van der Waals surface area contributed by atoms with Crippen molar-refractivity contribution in [3.05, 3.63) is 0 Å². The van der Waals surface area contributed by atoms with Crippen LogP contribution < -0.4 is 0 Å². The number of nitrogens with zero attached hydrogens (tertiary/aromatic N) is 3. The van der Waals surface area contributed by atoms with E-state index in [0.717, 1.165) is 58.2 Å². The zero-order chi connectivity index (χ0) is 23.4. The largest absolute Gasteiger partial charge is 0.343 e. The zero-order valence-corrected chi connectivity index (χ0v) is 21.0. The van der Waals surface area contributed by atoms with Crippen LogP contribution in [-0.2, 0) is 9.59 Å². The number of alkyl halides is 1. The van der Waals surface area contributed by atoms with Crippen LogP contribution in [0.1, 0.15) is 90.9 Å². The smallest absolute Gasteiger partial charge is 0.239 e. The Labute approximate surface area is 200 Å². The van der Waals surface area contributed by atoms with Gasteiger partial charge in [0.15, 0.2) is 0 Å². The molecule has 0 aromatic heterocycles. The van der Waals surface area contributed by atoms with E-state index in [0.29, 0.717) is 49.7 Å². The summed E-state index contributed by atoms with van der Waals surface area (Å²) in [5, 5.41) is 0. The van der Waals surface area contributed by atoms with Gasteiger partial charge in [0.2, 0.25) is 11.8 Å². The third-order valence-corrected chi connectivity index (χ3v) is 9.09. The Morgan fingerprint density at radius 2 is 1.64 bits per heavy atom. The number of halogens is 1. The Kier molecular flexibility index (Phi) is 8.69. The molecule has 2 heterocycles. The van der Waals surface area contributed by atoms with E-state index < -0.39 is 6.17 Å². The van der Waals surface area contributed by atoms with Gasteiger partial charge in [-0.15, -0.1) is 0 Å². The normalized spacial score (nSPS) is 33.7. The van der Waals surface area contributed by atoms with Crippen molar-refractivity contribution >= 4 is 11.8 Å². The minimum atomic E-state index is -0.621. The quantitative estimate of drug-likeness (QED) is 0.552. The summed E-state index contributed by atoms with van der Waals surface area (Å²) in [5.74, 6) is 1.84. The second kappa shape index (κ2) is 11.5. The van der Waals surface area contributed by atoms with Gasteiger partial charge in [-0.1, -0.05) is 19.8 Å². The fourth-order valence-corrected chi connectivity index (χ4v) is 7.17. The predicted molar refractivity (Wildman–Crippen MR) is 130 cm³/mol. The lowest BCUT2D eigenvalue weighted by Crippen LogP contribution is -2.52. The molecule has 33 heavy (non-hydrogen) atoms. The van der Waals surface area contributed by atoms with Crippen LogP contribution in [0.3, 0.4) is 0 Å². The molecule has 0 radical (unpaired) electrons. The van der Waals surface area contributed by atoms with E-state index in [-0.39, 0.29) is 17.9 Å². The number of rotatable bonds is 7. The molecule has 4 rings (SSSR count). The lowest BCUT2D eigenvalue weighted by molar-refractivity contribution is -0.143. The van der Waals surface area contributed by atoms with E-state index in [4.69, 9.17) is 0 Å². The SMILES string of the molecule is CCCN(CC)C(=O)C1CCN(C(=O)C2CC3CCCCC3N2CC2CCC(F)CC2)CC1. The summed E-state index contributed by atoms with van der Waals surface area (Å²) in [6.07, 6.45) is 11.3. The van der Waals surface area contributed by atoms with Gasteiger partial charge in [-0.05, 0) is 83.0 Å². The lowest BCUT2D eigenvalue weighted by Gasteiger charge is -2.40. The van der Waals surface area contributed by atoms with Gasteiger partial charge in [0.1, 0.15) is 6.17 Å². The van der Waals surface area contributed by atoms with Crippen LogP contribution in [0.25, 0.3) is 0 Å². The summed E-state index contributed by atoms with van der Waals surface area (Å²) in [7, 11) is 0. The maximum Gasteiger partial charge on any atom is 0.239 e. The minimum absolute atomic E-state index is 0.000633. The van der Waals surface area contributed by atoms with E-state index in [9.17, 15) is 14.0 Å². The molecule has 0 bridgehead atoms. The molecule has 4 aliphatic rings. The molecule has 2 aliphatic carbocycles. The highest BCUT2D eigenvalue weighted by molar-refractivity contribution is 5.83. The van der Waals surface area contributed by atoms with Crippen molar-refractivity contribution in [1.82, 2.24) is 14.7 Å². The van der Waals surface area contributed by atoms with Gasteiger partial charge in [0.05, 0.1) is 6.04 Å². The zero-order valence-electron chi connectivity index (χ0n) is 21.0. The molecule has 2 saturated heterocycles. The highest BCUT2D eigenvalue weighted by Gasteiger charge is 2.47. The van der Waals surface area contributed by atoms with Crippen molar-refractivity contribution in [2.45, 2.75) is 109 Å². The Morgan fingerprint density at radius 1 is 0.939 bits per heavy atom. The molecule has 3 atom stereocenters. The van der Waals surface area contributed by atoms with Gasteiger partial charge in [0.25, 0.3) is 0 Å². The highest BCUT2D eigenvalue weighted by atomic mass is 19.1. The maximum absolute atomic E-state index is 13.7. The van der Waals surface area contributed by atoms with Gasteiger partial charge in [-0.25, -0.2) is 4.39 Å². The molecule has 0 spiro atoms. The summed E-state index contributed by atoms with van der Waals surface area (Å²) in [5.41, 5.74) is 0. The number of hydrogen-bond donors (Lipinski definition) is 0. The molecular weight excluding hydrogens is 417 g/mol. The summed E-state index contributed by atoms with van der Waals surface area (Å²) in [4.78, 5) is 33.3. The first kappa shape index (κ1) is 24.9. The van der Waals surface area contributed by atoms with Gasteiger partial charge >= 0.3 is 0 Å². The number of carbonyl (C=O) groups excluding carboxylic acids is 2. The number of amides is 2. The van der Waals surface area contributed by atoms with Crippen LogP contribution in [0.5, 0.6) is 0 Å². The van der Waals surface area contributed by atoms with Crippen LogP contribution in [0.15, 0.2) is 0 Å². The van der Waals surface area contributed by atoms with Crippen LogP contribution in [0.2, 0.25) is 0 Å². The Hall–Kier alpha value is -1.17. The van der Waals surface area contributed by atoms with Gasteiger partial charge in [-0.3, -0.25) is 14.5 Å². The number of hydrogen-bond acceptors (Lipinski definition) is 3. The average molecular weight is 464 g/mol. The summed E-state index contributed by atoms with van der Waals surface area (Å²) in [6.45, 7) is 8.18. The molecule has 0 N–H and O–H groups in total.